The molecule has 0 N–H and O–H groups in total. The van der Waals surface area contributed by atoms with E-state index in [4.69, 9.17) is 9.47 Å². The molecule has 0 saturated carbocycles. The summed E-state index contributed by atoms with van der Waals surface area (Å²) in [6.45, 7) is 4.22. The number of nitrogens with zero attached hydrogens (tertiary/aromatic N) is 2. The number of ether oxygens (including phenoxy) is 2. The Bertz CT molecular complexity index is 967. The van der Waals surface area contributed by atoms with Gasteiger partial charge in [0.15, 0.2) is 0 Å². The first-order valence-corrected chi connectivity index (χ1v) is 10.2. The normalized spacial score (nSPS) is 14.3. The van der Waals surface area contributed by atoms with E-state index < -0.39 is 0 Å². The lowest BCUT2D eigenvalue weighted by molar-refractivity contribution is 0.0342. The van der Waals surface area contributed by atoms with E-state index in [9.17, 15) is 4.79 Å². The van der Waals surface area contributed by atoms with Crippen LogP contribution in [0.3, 0.4) is 0 Å². The van der Waals surface area contributed by atoms with E-state index in [0.717, 1.165) is 55.6 Å². The van der Waals surface area contributed by atoms with Crippen molar-refractivity contribution in [1.29, 1.82) is 0 Å². The van der Waals surface area contributed by atoms with Crippen LogP contribution in [0.2, 0.25) is 0 Å². The largest absolute Gasteiger partial charge is 0.457 e. The number of carbonyl (C=O) groups is 1. The molecule has 1 heterocycles. The predicted molar refractivity (Wildman–Crippen MR) is 118 cm³/mol. The summed E-state index contributed by atoms with van der Waals surface area (Å²) in [6, 6.07) is 25.1. The molecule has 3 aromatic rings. The molecule has 1 fully saturated rings. The van der Waals surface area contributed by atoms with Gasteiger partial charge in [-0.05, 0) is 54.1 Å². The third kappa shape index (κ3) is 5.06. The zero-order chi connectivity index (χ0) is 20.8. The Morgan fingerprint density at radius 3 is 2.37 bits per heavy atom. The van der Waals surface area contributed by atoms with Gasteiger partial charge in [-0.15, -0.1) is 0 Å². The zero-order valence-corrected chi connectivity index (χ0v) is 17.2. The number of benzene rings is 3. The van der Waals surface area contributed by atoms with E-state index in [-0.39, 0.29) is 5.91 Å². The second-order valence-electron chi connectivity index (χ2n) is 7.36. The highest BCUT2D eigenvalue weighted by Crippen LogP contribution is 2.25. The maximum absolute atomic E-state index is 13.0. The van der Waals surface area contributed by atoms with E-state index >= 15 is 0 Å². The van der Waals surface area contributed by atoms with Crippen LogP contribution in [0.15, 0.2) is 78.9 Å². The second-order valence-corrected chi connectivity index (χ2v) is 7.36. The average Bonchev–Trinajstić information content (AvgIpc) is 2.80. The van der Waals surface area contributed by atoms with Gasteiger partial charge in [-0.25, -0.2) is 0 Å². The fourth-order valence-electron chi connectivity index (χ4n) is 3.49. The van der Waals surface area contributed by atoms with Crippen molar-refractivity contribution in [2.24, 2.45) is 0 Å². The summed E-state index contributed by atoms with van der Waals surface area (Å²) in [4.78, 5) is 17.0. The standard InChI is InChI=1S/C25H26N2O3/c1-26(22-10-12-24(13-11-22)30-23-8-3-2-4-9-23)25(28)21-7-5-6-20(18-21)19-27-14-16-29-17-15-27/h2-13,18H,14-17,19H2,1H3. The Morgan fingerprint density at radius 2 is 1.63 bits per heavy atom. The van der Waals surface area contributed by atoms with Crippen LogP contribution in [0.1, 0.15) is 15.9 Å². The van der Waals surface area contributed by atoms with Gasteiger partial charge in [0.2, 0.25) is 0 Å². The number of para-hydroxylation sites is 1. The molecule has 1 aliphatic rings. The Hall–Kier alpha value is -3.15. The van der Waals surface area contributed by atoms with Crippen LogP contribution in [0.25, 0.3) is 0 Å². The van der Waals surface area contributed by atoms with Gasteiger partial charge >= 0.3 is 0 Å². The Kier molecular flexibility index (Phi) is 6.42. The molecule has 1 aliphatic heterocycles. The number of morpholine rings is 1. The first-order chi connectivity index (χ1) is 14.7. The molecule has 4 rings (SSSR count). The highest BCUT2D eigenvalue weighted by atomic mass is 16.5. The Labute approximate surface area is 177 Å². The lowest BCUT2D eigenvalue weighted by Crippen LogP contribution is -2.35. The molecule has 0 atom stereocenters. The van der Waals surface area contributed by atoms with Gasteiger partial charge in [-0.1, -0.05) is 30.3 Å². The highest BCUT2D eigenvalue weighted by molar-refractivity contribution is 6.05. The van der Waals surface area contributed by atoms with Crippen molar-refractivity contribution < 1.29 is 14.3 Å². The summed E-state index contributed by atoms with van der Waals surface area (Å²) in [6.07, 6.45) is 0. The maximum atomic E-state index is 13.0. The van der Waals surface area contributed by atoms with Crippen molar-refractivity contribution in [2.75, 3.05) is 38.3 Å². The van der Waals surface area contributed by atoms with Gasteiger partial charge in [0.25, 0.3) is 5.91 Å². The second kappa shape index (κ2) is 9.57. The minimum Gasteiger partial charge on any atom is -0.457 e. The van der Waals surface area contributed by atoms with Crippen molar-refractivity contribution in [3.8, 4) is 11.5 Å². The molecule has 30 heavy (non-hydrogen) atoms. The van der Waals surface area contributed by atoms with Crippen LogP contribution >= 0.6 is 0 Å². The summed E-state index contributed by atoms with van der Waals surface area (Å²) < 4.78 is 11.2. The minimum absolute atomic E-state index is 0.0319. The molecule has 1 amide bonds. The van der Waals surface area contributed by atoms with Crippen LogP contribution in [0.4, 0.5) is 5.69 Å². The van der Waals surface area contributed by atoms with Gasteiger partial charge in [0, 0.05) is 37.9 Å². The topological polar surface area (TPSA) is 42.0 Å². The molecule has 5 heteroatoms. The lowest BCUT2D eigenvalue weighted by atomic mass is 10.1. The van der Waals surface area contributed by atoms with Crippen molar-refractivity contribution in [3.63, 3.8) is 0 Å². The summed E-state index contributed by atoms with van der Waals surface area (Å²) in [5, 5.41) is 0. The third-order valence-electron chi connectivity index (χ3n) is 5.19. The predicted octanol–water partition coefficient (Wildman–Crippen LogP) is 4.59. The molecular weight excluding hydrogens is 376 g/mol. The van der Waals surface area contributed by atoms with E-state index in [2.05, 4.69) is 11.0 Å². The summed E-state index contributed by atoms with van der Waals surface area (Å²) in [5.74, 6) is 1.49. The minimum atomic E-state index is -0.0319. The van der Waals surface area contributed by atoms with Crippen LogP contribution in [0, 0.1) is 0 Å². The lowest BCUT2D eigenvalue weighted by Gasteiger charge is -2.26. The van der Waals surface area contributed by atoms with E-state index in [1.807, 2.05) is 72.8 Å². The first-order valence-electron chi connectivity index (χ1n) is 10.2. The number of anilines is 1. The highest BCUT2D eigenvalue weighted by Gasteiger charge is 2.16. The van der Waals surface area contributed by atoms with Crippen LogP contribution in [-0.2, 0) is 11.3 Å². The Balaban J connectivity index is 1.42. The number of hydrogen-bond donors (Lipinski definition) is 0. The summed E-state index contributed by atoms with van der Waals surface area (Å²) >= 11 is 0. The van der Waals surface area contributed by atoms with Gasteiger partial charge in [0.1, 0.15) is 11.5 Å². The fourth-order valence-corrected chi connectivity index (χ4v) is 3.49. The molecule has 0 radical (unpaired) electrons. The smallest absolute Gasteiger partial charge is 0.258 e. The van der Waals surface area contributed by atoms with Crippen LogP contribution in [-0.4, -0.2) is 44.2 Å². The molecule has 154 valence electrons. The maximum Gasteiger partial charge on any atom is 0.258 e. The van der Waals surface area contributed by atoms with Gasteiger partial charge in [-0.3, -0.25) is 9.69 Å². The SMILES string of the molecule is CN(C(=O)c1cccc(CN2CCOCC2)c1)c1ccc(Oc2ccccc2)cc1. The molecule has 0 unspecified atom stereocenters. The zero-order valence-electron chi connectivity index (χ0n) is 17.2. The van der Waals surface area contributed by atoms with Crippen molar-refractivity contribution >= 4 is 11.6 Å². The number of hydrogen-bond acceptors (Lipinski definition) is 4. The van der Waals surface area contributed by atoms with Crippen LogP contribution in [0.5, 0.6) is 11.5 Å². The van der Waals surface area contributed by atoms with E-state index in [1.165, 1.54) is 0 Å². The van der Waals surface area contributed by atoms with Crippen LogP contribution < -0.4 is 9.64 Å². The van der Waals surface area contributed by atoms with Crippen molar-refractivity contribution in [3.05, 3.63) is 90.0 Å². The molecule has 0 spiro atoms. The molecule has 5 nitrogen and oxygen atoms in total. The molecule has 3 aromatic carbocycles. The summed E-state index contributed by atoms with van der Waals surface area (Å²) in [5.41, 5.74) is 2.65. The van der Waals surface area contributed by atoms with Gasteiger partial charge in [0.05, 0.1) is 13.2 Å². The molecule has 0 aliphatic carbocycles. The fraction of sp³-hybridized carbons (Fsp3) is 0.240. The van der Waals surface area contributed by atoms with E-state index in [1.54, 1.807) is 11.9 Å². The Morgan fingerprint density at radius 1 is 0.933 bits per heavy atom. The monoisotopic (exact) mass is 402 g/mol. The van der Waals surface area contributed by atoms with E-state index in [0.29, 0.717) is 5.56 Å². The van der Waals surface area contributed by atoms with Crippen molar-refractivity contribution in [1.82, 2.24) is 4.90 Å². The molecular formula is C25H26N2O3. The van der Waals surface area contributed by atoms with Crippen molar-refractivity contribution in [2.45, 2.75) is 6.54 Å². The molecule has 0 aromatic heterocycles. The first kappa shape index (κ1) is 20.1. The third-order valence-corrected chi connectivity index (χ3v) is 5.19. The number of carbonyl (C=O) groups excluding carboxylic acids is 1. The average molecular weight is 402 g/mol. The molecule has 1 saturated heterocycles. The van der Waals surface area contributed by atoms with Gasteiger partial charge < -0.3 is 14.4 Å². The quantitative estimate of drug-likeness (QED) is 0.605. The number of amides is 1. The molecule has 0 bridgehead atoms. The summed E-state index contributed by atoms with van der Waals surface area (Å²) in [7, 11) is 1.80. The number of rotatable bonds is 6. The van der Waals surface area contributed by atoms with Gasteiger partial charge in [-0.2, -0.15) is 0 Å².